The molecule has 0 radical (unpaired) electrons. The predicted molar refractivity (Wildman–Crippen MR) is 112 cm³/mol. The van der Waals surface area contributed by atoms with Gasteiger partial charge < -0.3 is 5.11 Å². The van der Waals surface area contributed by atoms with E-state index in [1.807, 2.05) is 48.5 Å². The Morgan fingerprint density at radius 2 is 1.35 bits per heavy atom. The molecule has 1 aliphatic carbocycles. The summed E-state index contributed by atoms with van der Waals surface area (Å²) in [7, 11) is 0. The summed E-state index contributed by atoms with van der Waals surface area (Å²) in [6.07, 6.45) is 13.3. The van der Waals surface area contributed by atoms with Crippen LogP contribution in [-0.2, 0) is 0 Å². The highest BCUT2D eigenvalue weighted by Gasteiger charge is 2.49. The summed E-state index contributed by atoms with van der Waals surface area (Å²) in [5.74, 6) is 0.640. The molecule has 26 heavy (non-hydrogen) atoms. The first-order valence-electron chi connectivity index (χ1n) is 9.12. The van der Waals surface area contributed by atoms with Gasteiger partial charge in [-0.15, -0.1) is 0 Å². The summed E-state index contributed by atoms with van der Waals surface area (Å²) in [6.45, 7) is 0.279. The van der Waals surface area contributed by atoms with Crippen LogP contribution in [0.2, 0.25) is 10.0 Å². The number of benzene rings is 2. The van der Waals surface area contributed by atoms with E-state index in [9.17, 15) is 0 Å². The molecule has 1 nitrogen and oxygen atoms in total. The topological polar surface area (TPSA) is 20.2 Å². The number of allylic oxidation sites excluding steroid dienone is 2. The maximum Gasteiger partial charge on any atom is 0.0431 e. The van der Waals surface area contributed by atoms with Crippen molar-refractivity contribution >= 4 is 35.4 Å². The van der Waals surface area contributed by atoms with Gasteiger partial charge >= 0.3 is 0 Å². The van der Waals surface area contributed by atoms with Crippen molar-refractivity contribution in [1.29, 1.82) is 0 Å². The molecular formula is C23H24Cl2O. The lowest BCUT2D eigenvalue weighted by Gasteiger charge is -2.08. The van der Waals surface area contributed by atoms with Crippen LogP contribution in [0.3, 0.4) is 0 Å². The Hall–Kier alpha value is -1.54. The van der Waals surface area contributed by atoms with Crippen molar-refractivity contribution in [2.45, 2.75) is 25.7 Å². The van der Waals surface area contributed by atoms with Crippen LogP contribution >= 0.6 is 23.2 Å². The number of aliphatic hydroxyl groups excluding tert-OH is 1. The van der Waals surface area contributed by atoms with Gasteiger partial charge in [0.25, 0.3) is 0 Å². The number of hydrogen-bond donors (Lipinski definition) is 1. The molecule has 0 bridgehead atoms. The maximum atomic E-state index is 9.03. The van der Waals surface area contributed by atoms with Gasteiger partial charge in [-0.25, -0.2) is 0 Å². The van der Waals surface area contributed by atoms with Crippen LogP contribution in [0, 0.1) is 11.3 Å². The van der Waals surface area contributed by atoms with Crippen LogP contribution in [0.15, 0.2) is 60.7 Å². The second kappa shape index (κ2) is 8.90. The highest BCUT2D eigenvalue weighted by Crippen LogP contribution is 2.58. The minimum atomic E-state index is 0.106. The molecule has 0 unspecified atom stereocenters. The second-order valence-electron chi connectivity index (χ2n) is 7.00. The van der Waals surface area contributed by atoms with Gasteiger partial charge in [0.15, 0.2) is 0 Å². The van der Waals surface area contributed by atoms with Crippen LogP contribution in [-0.4, -0.2) is 11.7 Å². The standard InChI is InChI=1S/C23H24Cl2O/c24-21-8-4-18(5-9-21)12-14-23(17-20(23)3-1-2-16-26)15-13-19-6-10-22(25)11-7-19/h4-15,20,26H,1-3,16-17H2/b14-12+,15-13+/t20-/m1/s1. The lowest BCUT2D eigenvalue weighted by Crippen LogP contribution is -1.97. The zero-order valence-corrected chi connectivity index (χ0v) is 16.3. The zero-order valence-electron chi connectivity index (χ0n) is 14.7. The molecule has 1 saturated carbocycles. The van der Waals surface area contributed by atoms with E-state index in [2.05, 4.69) is 24.3 Å². The number of aliphatic hydroxyl groups is 1. The van der Waals surface area contributed by atoms with Crippen molar-refractivity contribution in [2.75, 3.05) is 6.61 Å². The van der Waals surface area contributed by atoms with Crippen molar-refractivity contribution < 1.29 is 5.11 Å². The summed E-state index contributed by atoms with van der Waals surface area (Å²) in [4.78, 5) is 0. The van der Waals surface area contributed by atoms with Gasteiger partial charge in [-0.3, -0.25) is 0 Å². The molecule has 0 saturated heterocycles. The first-order chi connectivity index (χ1) is 12.6. The van der Waals surface area contributed by atoms with E-state index in [0.717, 1.165) is 46.9 Å². The normalized spacial score (nSPS) is 18.7. The molecule has 1 fully saturated rings. The smallest absolute Gasteiger partial charge is 0.0431 e. The molecule has 3 rings (SSSR count). The van der Waals surface area contributed by atoms with Crippen LogP contribution in [0.25, 0.3) is 12.2 Å². The molecule has 1 aliphatic rings. The molecule has 0 aromatic heterocycles. The molecule has 0 spiro atoms. The average Bonchev–Trinajstić information content (AvgIpc) is 3.34. The Morgan fingerprint density at radius 3 is 1.81 bits per heavy atom. The molecule has 0 aliphatic heterocycles. The van der Waals surface area contributed by atoms with Gasteiger partial charge in [0.2, 0.25) is 0 Å². The van der Waals surface area contributed by atoms with Gasteiger partial charge in [0.05, 0.1) is 0 Å². The number of unbranched alkanes of at least 4 members (excludes halogenated alkanes) is 1. The zero-order chi connectivity index (χ0) is 18.4. The molecular weight excluding hydrogens is 363 g/mol. The SMILES string of the molecule is OCCCC[C@@H]1CC1(/C=C/c1ccc(Cl)cc1)/C=C/c1ccc(Cl)cc1. The predicted octanol–water partition coefficient (Wildman–Crippen LogP) is 6.89. The van der Waals surface area contributed by atoms with Gasteiger partial charge in [-0.05, 0) is 60.6 Å². The van der Waals surface area contributed by atoms with Crippen LogP contribution in [0.1, 0.15) is 36.8 Å². The van der Waals surface area contributed by atoms with Gasteiger partial charge in [0.1, 0.15) is 0 Å². The Bertz CT molecular complexity index is 704. The van der Waals surface area contributed by atoms with E-state index in [4.69, 9.17) is 28.3 Å². The Kier molecular flexibility index (Phi) is 6.58. The summed E-state index contributed by atoms with van der Waals surface area (Å²) in [5.41, 5.74) is 2.43. The number of halogens is 2. The van der Waals surface area contributed by atoms with Crippen LogP contribution in [0.4, 0.5) is 0 Å². The van der Waals surface area contributed by atoms with E-state index >= 15 is 0 Å². The van der Waals surface area contributed by atoms with Gasteiger partial charge in [-0.1, -0.05) is 78.2 Å². The first-order valence-corrected chi connectivity index (χ1v) is 9.87. The van der Waals surface area contributed by atoms with Crippen molar-refractivity contribution in [2.24, 2.45) is 11.3 Å². The summed E-state index contributed by atoms with van der Waals surface area (Å²) < 4.78 is 0. The largest absolute Gasteiger partial charge is 0.396 e. The maximum absolute atomic E-state index is 9.03. The average molecular weight is 387 g/mol. The summed E-state index contributed by atoms with van der Waals surface area (Å²) in [5, 5.41) is 10.5. The lowest BCUT2D eigenvalue weighted by atomic mass is 9.97. The van der Waals surface area contributed by atoms with E-state index in [-0.39, 0.29) is 12.0 Å². The molecule has 1 N–H and O–H groups in total. The Morgan fingerprint density at radius 1 is 0.846 bits per heavy atom. The minimum absolute atomic E-state index is 0.106. The number of rotatable bonds is 8. The molecule has 0 amide bonds. The molecule has 1 atom stereocenters. The summed E-state index contributed by atoms with van der Waals surface area (Å²) in [6, 6.07) is 15.8. The van der Waals surface area contributed by atoms with E-state index < -0.39 is 0 Å². The van der Waals surface area contributed by atoms with Crippen LogP contribution in [0.5, 0.6) is 0 Å². The Balaban J connectivity index is 1.74. The monoisotopic (exact) mass is 386 g/mol. The number of hydrogen-bond acceptors (Lipinski definition) is 1. The second-order valence-corrected chi connectivity index (χ2v) is 7.88. The molecule has 0 heterocycles. The van der Waals surface area contributed by atoms with E-state index in [1.165, 1.54) is 0 Å². The van der Waals surface area contributed by atoms with Crippen molar-refractivity contribution in [3.05, 3.63) is 81.9 Å². The summed E-state index contributed by atoms with van der Waals surface area (Å²) >= 11 is 11.9. The molecule has 136 valence electrons. The molecule has 2 aromatic carbocycles. The molecule has 3 heteroatoms. The third-order valence-corrected chi connectivity index (χ3v) is 5.58. The third kappa shape index (κ3) is 5.23. The van der Waals surface area contributed by atoms with Crippen molar-refractivity contribution in [1.82, 2.24) is 0 Å². The van der Waals surface area contributed by atoms with Crippen molar-refractivity contribution in [3.63, 3.8) is 0 Å². The van der Waals surface area contributed by atoms with Gasteiger partial charge in [0, 0.05) is 22.1 Å². The van der Waals surface area contributed by atoms with Crippen molar-refractivity contribution in [3.8, 4) is 0 Å². The quantitative estimate of drug-likeness (QED) is 0.489. The van der Waals surface area contributed by atoms with E-state index in [0.29, 0.717) is 5.92 Å². The first kappa shape index (κ1) is 19.2. The van der Waals surface area contributed by atoms with Crippen LogP contribution < -0.4 is 0 Å². The highest BCUT2D eigenvalue weighted by molar-refractivity contribution is 6.30. The fraction of sp³-hybridized carbons (Fsp3) is 0.304. The minimum Gasteiger partial charge on any atom is -0.396 e. The molecule has 2 aromatic rings. The van der Waals surface area contributed by atoms with Gasteiger partial charge in [-0.2, -0.15) is 0 Å². The highest BCUT2D eigenvalue weighted by atomic mass is 35.5. The third-order valence-electron chi connectivity index (χ3n) is 5.07. The van der Waals surface area contributed by atoms with E-state index in [1.54, 1.807) is 0 Å². The lowest BCUT2D eigenvalue weighted by molar-refractivity contribution is 0.281. The fourth-order valence-corrected chi connectivity index (χ4v) is 3.61. The Labute approximate surface area is 166 Å². The fourth-order valence-electron chi connectivity index (χ4n) is 3.36.